The summed E-state index contributed by atoms with van der Waals surface area (Å²) < 4.78 is 28.3. The molecule has 0 N–H and O–H groups in total. The number of ether oxygens (including phenoxy) is 1. The lowest BCUT2D eigenvalue weighted by Gasteiger charge is -2.10. The van der Waals surface area contributed by atoms with E-state index in [2.05, 4.69) is 9.72 Å². The highest BCUT2D eigenvalue weighted by atomic mass is 32.1. The van der Waals surface area contributed by atoms with Gasteiger partial charge in [-0.1, -0.05) is 12.1 Å². The van der Waals surface area contributed by atoms with Crippen LogP contribution in [0, 0.1) is 0 Å². The largest absolute Gasteiger partial charge is 0.435 e. The molecule has 2 aromatic rings. The van der Waals surface area contributed by atoms with Crippen LogP contribution in [-0.4, -0.2) is 24.6 Å². The Hall–Kier alpha value is -2.28. The van der Waals surface area contributed by atoms with Gasteiger partial charge in [0.05, 0.1) is 0 Å². The van der Waals surface area contributed by atoms with Crippen molar-refractivity contribution in [1.29, 1.82) is 0 Å². The summed E-state index contributed by atoms with van der Waals surface area (Å²) in [5.41, 5.74) is 0.706. The Labute approximate surface area is 124 Å². The Morgan fingerprint density at radius 2 is 2.10 bits per heavy atom. The van der Waals surface area contributed by atoms with E-state index in [-0.39, 0.29) is 11.7 Å². The van der Waals surface area contributed by atoms with Crippen molar-refractivity contribution >= 4 is 28.5 Å². The van der Waals surface area contributed by atoms with Gasteiger partial charge in [0.2, 0.25) is 0 Å². The zero-order chi connectivity index (χ0) is 15.2. The number of alkyl halides is 2. The highest BCUT2D eigenvalue weighted by Gasteiger charge is 2.09. The van der Waals surface area contributed by atoms with Gasteiger partial charge in [0, 0.05) is 24.7 Å². The minimum Gasteiger partial charge on any atom is -0.435 e. The Balaban J connectivity index is 1.99. The molecule has 1 aromatic heterocycles. The SMILES string of the molecule is CN(C(=O)/C=C/c1ccc(OC(F)F)cc1)c1nccs1. The summed E-state index contributed by atoms with van der Waals surface area (Å²) in [4.78, 5) is 17.4. The van der Waals surface area contributed by atoms with Gasteiger partial charge in [-0.15, -0.1) is 11.3 Å². The van der Waals surface area contributed by atoms with Crippen molar-refractivity contribution < 1.29 is 18.3 Å². The molecule has 0 unspecified atom stereocenters. The average molecular weight is 310 g/mol. The first-order valence-corrected chi connectivity index (χ1v) is 6.84. The van der Waals surface area contributed by atoms with Crippen LogP contribution in [0.5, 0.6) is 5.75 Å². The lowest BCUT2D eigenvalue weighted by Crippen LogP contribution is -2.23. The van der Waals surface area contributed by atoms with E-state index < -0.39 is 6.61 Å². The number of aromatic nitrogens is 1. The number of rotatable bonds is 5. The molecule has 0 aliphatic rings. The van der Waals surface area contributed by atoms with Crippen LogP contribution in [0.1, 0.15) is 5.56 Å². The second-order valence-electron chi connectivity index (χ2n) is 3.99. The third kappa shape index (κ3) is 4.35. The Bertz CT molecular complexity index is 612. The number of carbonyl (C=O) groups excluding carboxylic acids is 1. The first-order valence-electron chi connectivity index (χ1n) is 5.96. The zero-order valence-electron chi connectivity index (χ0n) is 11.1. The third-order valence-electron chi connectivity index (χ3n) is 2.56. The Kier molecular flexibility index (Phi) is 4.99. The van der Waals surface area contributed by atoms with E-state index in [0.29, 0.717) is 10.7 Å². The second kappa shape index (κ2) is 6.94. The Morgan fingerprint density at radius 3 is 2.67 bits per heavy atom. The van der Waals surface area contributed by atoms with Crippen molar-refractivity contribution in [3.05, 3.63) is 47.5 Å². The number of hydrogen-bond donors (Lipinski definition) is 0. The molecule has 0 aliphatic carbocycles. The monoisotopic (exact) mass is 310 g/mol. The molecule has 0 saturated heterocycles. The van der Waals surface area contributed by atoms with Gasteiger partial charge in [-0.05, 0) is 23.8 Å². The molecule has 1 aromatic carbocycles. The third-order valence-corrected chi connectivity index (χ3v) is 3.41. The number of anilines is 1. The first kappa shape index (κ1) is 15.1. The van der Waals surface area contributed by atoms with Crippen molar-refractivity contribution in [3.8, 4) is 5.75 Å². The van der Waals surface area contributed by atoms with E-state index in [4.69, 9.17) is 0 Å². The van der Waals surface area contributed by atoms with Gasteiger partial charge in [-0.3, -0.25) is 9.69 Å². The van der Waals surface area contributed by atoms with Crippen LogP contribution in [0.25, 0.3) is 6.08 Å². The molecule has 0 radical (unpaired) electrons. The molecule has 1 amide bonds. The van der Waals surface area contributed by atoms with Crippen LogP contribution in [0.3, 0.4) is 0 Å². The molecule has 4 nitrogen and oxygen atoms in total. The quantitative estimate of drug-likeness (QED) is 0.795. The Morgan fingerprint density at radius 1 is 1.38 bits per heavy atom. The first-order chi connectivity index (χ1) is 10.1. The van der Waals surface area contributed by atoms with Crippen molar-refractivity contribution in [1.82, 2.24) is 4.98 Å². The van der Waals surface area contributed by atoms with Crippen molar-refractivity contribution in [2.45, 2.75) is 6.61 Å². The summed E-state index contributed by atoms with van der Waals surface area (Å²) in [5, 5.41) is 2.38. The maximum Gasteiger partial charge on any atom is 0.387 e. The predicted molar refractivity (Wildman–Crippen MR) is 77.6 cm³/mol. The van der Waals surface area contributed by atoms with E-state index in [0.717, 1.165) is 0 Å². The van der Waals surface area contributed by atoms with Crippen LogP contribution >= 0.6 is 11.3 Å². The van der Waals surface area contributed by atoms with Gasteiger partial charge in [-0.25, -0.2) is 4.98 Å². The molecule has 2 rings (SSSR count). The highest BCUT2D eigenvalue weighted by Crippen LogP contribution is 2.17. The zero-order valence-corrected chi connectivity index (χ0v) is 11.9. The minimum atomic E-state index is -2.85. The molecular formula is C14H12F2N2O2S. The van der Waals surface area contributed by atoms with E-state index in [9.17, 15) is 13.6 Å². The number of amides is 1. The smallest absolute Gasteiger partial charge is 0.387 e. The highest BCUT2D eigenvalue weighted by molar-refractivity contribution is 7.13. The molecule has 110 valence electrons. The molecule has 0 saturated carbocycles. The maximum atomic E-state index is 12.0. The van der Waals surface area contributed by atoms with E-state index in [1.807, 2.05) is 0 Å². The predicted octanol–water partition coefficient (Wildman–Crippen LogP) is 3.42. The maximum absolute atomic E-state index is 12.0. The van der Waals surface area contributed by atoms with Gasteiger partial charge in [-0.2, -0.15) is 8.78 Å². The summed E-state index contributed by atoms with van der Waals surface area (Å²) in [5.74, 6) is -0.147. The fraction of sp³-hybridized carbons (Fsp3) is 0.143. The van der Waals surface area contributed by atoms with Gasteiger partial charge in [0.15, 0.2) is 5.13 Å². The van der Waals surface area contributed by atoms with Crippen LogP contribution in [-0.2, 0) is 4.79 Å². The number of likely N-dealkylation sites (N-methyl/N-ethyl adjacent to an activating group) is 1. The van der Waals surface area contributed by atoms with Crippen molar-refractivity contribution in [2.75, 3.05) is 11.9 Å². The molecule has 0 aliphatic heterocycles. The fourth-order valence-electron chi connectivity index (χ4n) is 1.52. The van der Waals surface area contributed by atoms with Crippen LogP contribution in [0.4, 0.5) is 13.9 Å². The molecule has 0 bridgehead atoms. The number of nitrogens with zero attached hydrogens (tertiary/aromatic N) is 2. The number of carbonyl (C=O) groups is 1. The summed E-state index contributed by atoms with van der Waals surface area (Å²) >= 11 is 1.36. The average Bonchev–Trinajstić information content (AvgIpc) is 2.99. The van der Waals surface area contributed by atoms with E-state index in [1.54, 1.807) is 36.8 Å². The van der Waals surface area contributed by atoms with Crippen LogP contribution < -0.4 is 9.64 Å². The van der Waals surface area contributed by atoms with Gasteiger partial charge in [0.25, 0.3) is 5.91 Å². The second-order valence-corrected chi connectivity index (χ2v) is 4.87. The van der Waals surface area contributed by atoms with Gasteiger partial charge >= 0.3 is 6.61 Å². The summed E-state index contributed by atoms with van der Waals surface area (Å²) in [6.45, 7) is -2.85. The molecule has 1 heterocycles. The van der Waals surface area contributed by atoms with E-state index in [1.165, 1.54) is 34.4 Å². The fourth-order valence-corrected chi connectivity index (χ4v) is 2.13. The number of thiazole rings is 1. The summed E-state index contributed by atoms with van der Waals surface area (Å²) in [7, 11) is 1.63. The lowest BCUT2D eigenvalue weighted by molar-refractivity contribution is -0.113. The van der Waals surface area contributed by atoms with Crippen molar-refractivity contribution in [3.63, 3.8) is 0 Å². The number of halogens is 2. The van der Waals surface area contributed by atoms with Gasteiger partial charge < -0.3 is 4.74 Å². The van der Waals surface area contributed by atoms with Gasteiger partial charge in [0.1, 0.15) is 5.75 Å². The standard InChI is InChI=1S/C14H12F2N2O2S/c1-18(14-17-8-9-21-14)12(19)7-4-10-2-5-11(6-3-10)20-13(15)16/h2-9,13H,1H3/b7-4+. The molecular weight excluding hydrogens is 298 g/mol. The molecule has 0 atom stereocenters. The summed E-state index contributed by atoms with van der Waals surface area (Å²) in [6, 6.07) is 6.01. The molecule has 0 spiro atoms. The number of benzene rings is 1. The van der Waals surface area contributed by atoms with Crippen LogP contribution in [0.15, 0.2) is 41.9 Å². The molecule has 0 fully saturated rings. The normalized spacial score (nSPS) is 11.0. The van der Waals surface area contributed by atoms with Crippen molar-refractivity contribution in [2.24, 2.45) is 0 Å². The topological polar surface area (TPSA) is 42.4 Å². The van der Waals surface area contributed by atoms with E-state index >= 15 is 0 Å². The minimum absolute atomic E-state index is 0.0772. The molecule has 7 heteroatoms. The van der Waals surface area contributed by atoms with Crippen LogP contribution in [0.2, 0.25) is 0 Å². The molecule has 21 heavy (non-hydrogen) atoms. The lowest BCUT2D eigenvalue weighted by atomic mass is 10.2. The summed E-state index contributed by atoms with van der Waals surface area (Å²) in [6.07, 6.45) is 4.61. The number of hydrogen-bond acceptors (Lipinski definition) is 4.